The van der Waals surface area contributed by atoms with Crippen LogP contribution in [0, 0.1) is 0 Å². The molecule has 0 saturated carbocycles. The number of carbonyl (C=O) groups excluding carboxylic acids is 1. The summed E-state index contributed by atoms with van der Waals surface area (Å²) in [6.07, 6.45) is 3.70. The van der Waals surface area contributed by atoms with Gasteiger partial charge in [-0.1, -0.05) is 18.2 Å². The molecule has 1 heterocycles. The number of hydrogen-bond donors (Lipinski definition) is 0. The normalized spacial score (nSPS) is 20.2. The Morgan fingerprint density at radius 3 is 2.73 bits per heavy atom. The van der Waals surface area contributed by atoms with Gasteiger partial charge in [-0.25, -0.2) is 8.42 Å². The molecule has 1 aliphatic heterocycles. The fourth-order valence-electron chi connectivity index (χ4n) is 2.68. The van der Waals surface area contributed by atoms with Crippen molar-refractivity contribution in [3.63, 3.8) is 0 Å². The molecule has 1 fully saturated rings. The zero-order valence-corrected chi connectivity index (χ0v) is 13.7. The van der Waals surface area contributed by atoms with Gasteiger partial charge in [0.15, 0.2) is 9.84 Å². The molecule has 1 saturated heterocycles. The van der Waals surface area contributed by atoms with Crippen LogP contribution in [0.4, 0.5) is 0 Å². The molecule has 1 atom stereocenters. The van der Waals surface area contributed by atoms with Crippen LogP contribution in [0.15, 0.2) is 30.3 Å². The molecule has 1 amide bonds. The Kier molecular flexibility index (Phi) is 5.24. The fourth-order valence-corrected chi connectivity index (χ4v) is 4.41. The number of benzene rings is 1. The van der Waals surface area contributed by atoms with Gasteiger partial charge in [0.1, 0.15) is 5.75 Å². The molecule has 0 spiro atoms. The van der Waals surface area contributed by atoms with Gasteiger partial charge in [0.05, 0.1) is 18.6 Å². The molecule has 0 aromatic heterocycles. The Morgan fingerprint density at radius 2 is 2.14 bits per heavy atom. The molecule has 2 rings (SSSR count). The summed E-state index contributed by atoms with van der Waals surface area (Å²) >= 11 is 0. The van der Waals surface area contributed by atoms with Gasteiger partial charge in [-0.05, 0) is 25.5 Å². The minimum atomic E-state index is -3.00. The van der Waals surface area contributed by atoms with Crippen molar-refractivity contribution >= 4 is 21.8 Å². The molecule has 120 valence electrons. The Labute approximate surface area is 131 Å². The van der Waals surface area contributed by atoms with Crippen molar-refractivity contribution in [3.05, 3.63) is 35.9 Å². The van der Waals surface area contributed by atoms with Crippen molar-refractivity contribution in [2.24, 2.45) is 0 Å². The number of likely N-dealkylation sites (N-methyl/N-ethyl adjacent to an activating group) is 1. The molecule has 1 aliphatic rings. The van der Waals surface area contributed by atoms with Crippen LogP contribution in [0.5, 0.6) is 5.75 Å². The lowest BCUT2D eigenvalue weighted by molar-refractivity contribution is -0.127. The highest BCUT2D eigenvalue weighted by atomic mass is 32.2. The van der Waals surface area contributed by atoms with E-state index in [4.69, 9.17) is 4.74 Å². The van der Waals surface area contributed by atoms with E-state index in [1.54, 1.807) is 18.1 Å². The smallest absolute Gasteiger partial charge is 0.246 e. The van der Waals surface area contributed by atoms with Gasteiger partial charge in [0.25, 0.3) is 0 Å². The average molecular weight is 323 g/mol. The van der Waals surface area contributed by atoms with Gasteiger partial charge in [-0.2, -0.15) is 0 Å². The van der Waals surface area contributed by atoms with Crippen molar-refractivity contribution < 1.29 is 17.9 Å². The van der Waals surface area contributed by atoms with Crippen molar-refractivity contribution in [2.45, 2.75) is 19.4 Å². The predicted molar refractivity (Wildman–Crippen MR) is 86.5 cm³/mol. The third-order valence-corrected chi connectivity index (χ3v) is 5.57. The molecule has 22 heavy (non-hydrogen) atoms. The first kappa shape index (κ1) is 16.5. The van der Waals surface area contributed by atoms with Gasteiger partial charge >= 0.3 is 0 Å². The average Bonchev–Trinajstić information content (AvgIpc) is 2.86. The molecule has 0 bridgehead atoms. The van der Waals surface area contributed by atoms with Crippen LogP contribution in [0.1, 0.15) is 18.9 Å². The first-order valence-corrected chi connectivity index (χ1v) is 9.11. The van der Waals surface area contributed by atoms with Crippen LogP contribution < -0.4 is 4.74 Å². The SMILES string of the molecule is CCN(C(=O)C=Cc1ccccc1OC)C1CCS(=O)(=O)C1. The first-order valence-electron chi connectivity index (χ1n) is 7.29. The number of hydrogen-bond acceptors (Lipinski definition) is 4. The van der Waals surface area contributed by atoms with E-state index in [0.29, 0.717) is 18.7 Å². The highest BCUT2D eigenvalue weighted by Gasteiger charge is 2.33. The third kappa shape index (κ3) is 3.88. The summed E-state index contributed by atoms with van der Waals surface area (Å²) < 4.78 is 28.4. The number of sulfone groups is 1. The minimum absolute atomic E-state index is 0.0646. The Hall–Kier alpha value is -1.82. The number of rotatable bonds is 5. The molecule has 0 N–H and O–H groups in total. The largest absolute Gasteiger partial charge is 0.496 e. The highest BCUT2D eigenvalue weighted by Crippen LogP contribution is 2.20. The number of para-hydroxylation sites is 1. The molecule has 0 aliphatic carbocycles. The standard InChI is InChI=1S/C16H21NO4S/c1-3-17(14-10-11-22(19,20)12-14)16(18)9-8-13-6-4-5-7-15(13)21-2/h4-9,14H,3,10-12H2,1-2H3. The zero-order chi connectivity index (χ0) is 16.2. The van der Waals surface area contributed by atoms with Crippen molar-refractivity contribution in [1.29, 1.82) is 0 Å². The van der Waals surface area contributed by atoms with Crippen LogP contribution in [0.25, 0.3) is 6.08 Å². The van der Waals surface area contributed by atoms with Crippen molar-refractivity contribution in [2.75, 3.05) is 25.2 Å². The summed E-state index contributed by atoms with van der Waals surface area (Å²) in [6, 6.07) is 7.20. The molecule has 1 aromatic rings. The third-order valence-electron chi connectivity index (χ3n) is 3.82. The topological polar surface area (TPSA) is 63.7 Å². The van der Waals surface area contributed by atoms with Gasteiger partial charge in [-0.15, -0.1) is 0 Å². The lowest BCUT2D eigenvalue weighted by atomic mass is 10.1. The molecule has 1 aromatic carbocycles. The quantitative estimate of drug-likeness (QED) is 0.774. The van der Waals surface area contributed by atoms with E-state index in [-0.39, 0.29) is 23.5 Å². The monoisotopic (exact) mass is 323 g/mol. The summed E-state index contributed by atoms with van der Waals surface area (Å²) in [4.78, 5) is 14.0. The summed E-state index contributed by atoms with van der Waals surface area (Å²) in [6.45, 7) is 2.36. The van der Waals surface area contributed by atoms with Crippen LogP contribution in [-0.2, 0) is 14.6 Å². The summed E-state index contributed by atoms with van der Waals surface area (Å²) in [5, 5.41) is 0. The molecule has 6 heteroatoms. The van der Waals surface area contributed by atoms with Gasteiger partial charge < -0.3 is 9.64 Å². The predicted octanol–water partition coefficient (Wildman–Crippen LogP) is 1.74. The van der Waals surface area contributed by atoms with E-state index in [9.17, 15) is 13.2 Å². The summed E-state index contributed by atoms with van der Waals surface area (Å²) in [5.74, 6) is 0.751. The van der Waals surface area contributed by atoms with Crippen molar-refractivity contribution in [3.8, 4) is 5.75 Å². The van der Waals surface area contributed by atoms with Crippen LogP contribution >= 0.6 is 0 Å². The van der Waals surface area contributed by atoms with Crippen LogP contribution in [0.2, 0.25) is 0 Å². The second-order valence-electron chi connectivity index (χ2n) is 5.26. The van der Waals surface area contributed by atoms with E-state index >= 15 is 0 Å². The number of carbonyl (C=O) groups is 1. The van der Waals surface area contributed by atoms with E-state index in [2.05, 4.69) is 0 Å². The lowest BCUT2D eigenvalue weighted by Gasteiger charge is -2.25. The Bertz CT molecular complexity index is 666. The first-order chi connectivity index (χ1) is 10.5. The molecule has 1 unspecified atom stereocenters. The summed E-state index contributed by atoms with van der Waals surface area (Å²) in [5.41, 5.74) is 0.813. The number of methoxy groups -OCH3 is 1. The fraction of sp³-hybridized carbons (Fsp3) is 0.438. The van der Waals surface area contributed by atoms with Crippen molar-refractivity contribution in [1.82, 2.24) is 4.90 Å². The van der Waals surface area contributed by atoms with Gasteiger partial charge in [0, 0.05) is 24.2 Å². The zero-order valence-electron chi connectivity index (χ0n) is 12.9. The number of amides is 1. The molecule has 5 nitrogen and oxygen atoms in total. The lowest BCUT2D eigenvalue weighted by Crippen LogP contribution is -2.40. The second kappa shape index (κ2) is 6.96. The minimum Gasteiger partial charge on any atom is -0.496 e. The van der Waals surface area contributed by atoms with Crippen LogP contribution in [-0.4, -0.2) is 50.4 Å². The van der Waals surface area contributed by atoms with Gasteiger partial charge in [-0.3, -0.25) is 4.79 Å². The molecule has 0 radical (unpaired) electrons. The molecular weight excluding hydrogens is 302 g/mol. The number of nitrogens with zero attached hydrogens (tertiary/aromatic N) is 1. The molecular formula is C16H21NO4S. The Morgan fingerprint density at radius 1 is 1.41 bits per heavy atom. The van der Waals surface area contributed by atoms with E-state index in [1.165, 1.54) is 6.08 Å². The highest BCUT2D eigenvalue weighted by molar-refractivity contribution is 7.91. The number of ether oxygens (including phenoxy) is 1. The van der Waals surface area contributed by atoms with E-state index < -0.39 is 9.84 Å². The maximum Gasteiger partial charge on any atom is 0.246 e. The van der Waals surface area contributed by atoms with Gasteiger partial charge in [0.2, 0.25) is 5.91 Å². The Balaban J connectivity index is 2.11. The second-order valence-corrected chi connectivity index (χ2v) is 7.49. The van der Waals surface area contributed by atoms with Crippen LogP contribution in [0.3, 0.4) is 0 Å². The van der Waals surface area contributed by atoms with E-state index in [0.717, 1.165) is 5.56 Å². The van der Waals surface area contributed by atoms with E-state index in [1.807, 2.05) is 31.2 Å². The maximum absolute atomic E-state index is 12.3. The maximum atomic E-state index is 12.3. The summed E-state index contributed by atoms with van der Waals surface area (Å²) in [7, 11) is -1.42.